The summed E-state index contributed by atoms with van der Waals surface area (Å²) in [4.78, 5) is 12.0. The van der Waals surface area contributed by atoms with Crippen LogP contribution in [0, 0.1) is 29.6 Å². The van der Waals surface area contributed by atoms with Gasteiger partial charge in [0.05, 0.1) is 12.7 Å². The Morgan fingerprint density at radius 1 is 0.929 bits per heavy atom. The molecule has 0 aliphatic heterocycles. The van der Waals surface area contributed by atoms with E-state index in [1.807, 2.05) is 6.92 Å². The van der Waals surface area contributed by atoms with Crippen LogP contribution in [0.25, 0.3) is 0 Å². The zero-order chi connectivity index (χ0) is 19.8. The Morgan fingerprint density at radius 3 is 2.36 bits per heavy atom. The van der Waals surface area contributed by atoms with Crippen LogP contribution in [0.3, 0.4) is 0 Å². The summed E-state index contributed by atoms with van der Waals surface area (Å²) in [5.74, 6) is 3.57. The highest BCUT2D eigenvalue weighted by molar-refractivity contribution is 5.70. The highest BCUT2D eigenvalue weighted by Crippen LogP contribution is 2.47. The van der Waals surface area contributed by atoms with Crippen molar-refractivity contribution in [3.05, 3.63) is 0 Å². The zero-order valence-electron chi connectivity index (χ0n) is 18.3. The van der Waals surface area contributed by atoms with E-state index in [1.54, 1.807) is 0 Å². The van der Waals surface area contributed by atoms with Crippen LogP contribution >= 0.6 is 0 Å². The molecule has 162 valence electrons. The van der Waals surface area contributed by atoms with Gasteiger partial charge < -0.3 is 14.8 Å². The highest BCUT2D eigenvalue weighted by Gasteiger charge is 2.40. The van der Waals surface area contributed by atoms with Crippen molar-refractivity contribution in [1.29, 1.82) is 0 Å². The van der Waals surface area contributed by atoms with Crippen molar-refractivity contribution in [2.45, 2.75) is 90.1 Å². The van der Waals surface area contributed by atoms with Gasteiger partial charge in [-0.3, -0.25) is 0 Å². The second-order valence-electron chi connectivity index (χ2n) is 9.58. The molecule has 3 aliphatic carbocycles. The van der Waals surface area contributed by atoms with Crippen LogP contribution in [0.4, 0.5) is 0 Å². The largest absolute Gasteiger partial charge is 0.464 e. The molecule has 28 heavy (non-hydrogen) atoms. The number of rotatable bonds is 9. The molecule has 0 aromatic heterocycles. The zero-order valence-corrected chi connectivity index (χ0v) is 18.3. The number of nitrogens with one attached hydrogen (secondary N) is 1. The maximum Gasteiger partial charge on any atom is 0.332 e. The summed E-state index contributed by atoms with van der Waals surface area (Å²) in [6.07, 6.45) is 16.6. The molecule has 5 atom stereocenters. The number of carbonyl (C=O) groups is 1. The third-order valence-electron chi connectivity index (χ3n) is 7.86. The van der Waals surface area contributed by atoms with E-state index < -0.39 is 0 Å². The monoisotopic (exact) mass is 393 g/mol. The normalized spacial score (nSPS) is 31.0. The van der Waals surface area contributed by atoms with Gasteiger partial charge in [-0.1, -0.05) is 44.9 Å². The number of ether oxygens (including phenoxy) is 2. The predicted molar refractivity (Wildman–Crippen MR) is 113 cm³/mol. The molecule has 3 saturated carbocycles. The van der Waals surface area contributed by atoms with Crippen molar-refractivity contribution in [2.75, 3.05) is 26.8 Å². The quantitative estimate of drug-likeness (QED) is 0.563. The first kappa shape index (κ1) is 22.1. The van der Waals surface area contributed by atoms with Gasteiger partial charge in [0.15, 0.2) is 0 Å². The van der Waals surface area contributed by atoms with Gasteiger partial charge in [0.1, 0.15) is 6.61 Å². The number of carbonyl (C=O) groups excluding carboxylic acids is 1. The molecule has 0 saturated heterocycles. The Balaban J connectivity index is 1.69. The Bertz CT molecular complexity index is 463. The lowest BCUT2D eigenvalue weighted by atomic mass is 9.63. The van der Waals surface area contributed by atoms with E-state index >= 15 is 0 Å². The number of hydrogen-bond acceptors (Lipinski definition) is 4. The van der Waals surface area contributed by atoms with Gasteiger partial charge in [0.2, 0.25) is 0 Å². The lowest BCUT2D eigenvalue weighted by Gasteiger charge is -2.45. The van der Waals surface area contributed by atoms with E-state index in [0.717, 1.165) is 24.3 Å². The lowest BCUT2D eigenvalue weighted by Crippen LogP contribution is -2.45. The maximum absolute atomic E-state index is 12.0. The molecule has 0 spiro atoms. The highest BCUT2D eigenvalue weighted by atomic mass is 16.6. The fraction of sp³-hybridized carbons (Fsp3) is 0.958. The number of hydrogen-bond donors (Lipinski definition) is 1. The van der Waals surface area contributed by atoms with Crippen LogP contribution in [0.15, 0.2) is 0 Å². The van der Waals surface area contributed by atoms with Crippen molar-refractivity contribution in [3.8, 4) is 0 Å². The molecule has 0 radical (unpaired) electrons. The van der Waals surface area contributed by atoms with Crippen LogP contribution in [0.1, 0.15) is 84.0 Å². The van der Waals surface area contributed by atoms with Gasteiger partial charge in [0, 0.05) is 12.5 Å². The van der Waals surface area contributed by atoms with Gasteiger partial charge >= 0.3 is 5.97 Å². The van der Waals surface area contributed by atoms with Crippen LogP contribution in [-0.2, 0) is 14.3 Å². The number of fused-ring (bicyclic) bond motifs is 1. The Hall–Kier alpha value is -0.610. The summed E-state index contributed by atoms with van der Waals surface area (Å²) in [5.41, 5.74) is 0. The second kappa shape index (κ2) is 11.5. The van der Waals surface area contributed by atoms with Gasteiger partial charge in [-0.05, 0) is 69.7 Å². The summed E-state index contributed by atoms with van der Waals surface area (Å²) in [6, 6.07) is 0. The van der Waals surface area contributed by atoms with Crippen LogP contribution in [0.2, 0.25) is 0 Å². The van der Waals surface area contributed by atoms with Crippen molar-refractivity contribution < 1.29 is 14.3 Å². The van der Waals surface area contributed by atoms with Gasteiger partial charge in [-0.2, -0.15) is 0 Å². The number of esters is 1. The molecule has 0 aromatic carbocycles. The standard InChI is InChI=1S/C24H43NO3/c1-3-27-23(26)17-28-24(19-10-5-4-6-11-19)22(16-25-2)21-14-13-18-9-7-8-12-20(18)15-21/h18-22,24-25H,3-17H2,1-2H3/t18?,20?,21?,22-,24-/m1/s1. The van der Waals surface area contributed by atoms with Crippen molar-refractivity contribution in [2.24, 2.45) is 29.6 Å². The molecule has 3 rings (SSSR count). The SMILES string of the molecule is CCOC(=O)CO[C@H](C1CCCCC1)[C@H](CNC)C1CCC2CCCCC2C1. The summed E-state index contributed by atoms with van der Waals surface area (Å²) in [6.45, 7) is 3.42. The first-order chi connectivity index (χ1) is 13.7. The van der Waals surface area contributed by atoms with Gasteiger partial charge in [0.25, 0.3) is 0 Å². The Labute approximate surface area is 172 Å². The molecule has 3 fully saturated rings. The molecule has 0 aromatic rings. The first-order valence-corrected chi connectivity index (χ1v) is 12.1. The third-order valence-corrected chi connectivity index (χ3v) is 7.86. The second-order valence-corrected chi connectivity index (χ2v) is 9.58. The van der Waals surface area contributed by atoms with E-state index in [1.165, 1.54) is 77.0 Å². The average Bonchev–Trinajstić information content (AvgIpc) is 2.74. The summed E-state index contributed by atoms with van der Waals surface area (Å²) in [5, 5.41) is 3.47. The minimum atomic E-state index is -0.206. The summed E-state index contributed by atoms with van der Waals surface area (Å²) < 4.78 is 11.5. The van der Waals surface area contributed by atoms with Gasteiger partial charge in [-0.25, -0.2) is 4.79 Å². The van der Waals surface area contributed by atoms with E-state index in [4.69, 9.17) is 9.47 Å². The molecule has 3 aliphatic rings. The van der Waals surface area contributed by atoms with Crippen molar-refractivity contribution >= 4 is 5.97 Å². The van der Waals surface area contributed by atoms with E-state index in [-0.39, 0.29) is 18.7 Å². The lowest BCUT2D eigenvalue weighted by molar-refractivity contribution is -0.155. The van der Waals surface area contributed by atoms with Crippen LogP contribution in [0.5, 0.6) is 0 Å². The summed E-state index contributed by atoms with van der Waals surface area (Å²) in [7, 11) is 2.07. The molecule has 0 bridgehead atoms. The van der Waals surface area contributed by atoms with Crippen molar-refractivity contribution in [1.82, 2.24) is 5.32 Å². The third kappa shape index (κ3) is 5.95. The minimum Gasteiger partial charge on any atom is -0.464 e. The fourth-order valence-electron chi connectivity index (χ4n) is 6.52. The Morgan fingerprint density at radius 2 is 1.64 bits per heavy atom. The molecule has 4 nitrogen and oxygen atoms in total. The molecule has 4 heteroatoms. The summed E-state index contributed by atoms with van der Waals surface area (Å²) >= 11 is 0. The molecular formula is C24H43NO3. The predicted octanol–water partition coefficient (Wildman–Crippen LogP) is 4.96. The molecule has 0 amide bonds. The van der Waals surface area contributed by atoms with Crippen LogP contribution in [-0.4, -0.2) is 38.9 Å². The molecular weight excluding hydrogens is 350 g/mol. The molecule has 1 N–H and O–H groups in total. The first-order valence-electron chi connectivity index (χ1n) is 12.1. The topological polar surface area (TPSA) is 47.6 Å². The van der Waals surface area contributed by atoms with Crippen LogP contribution < -0.4 is 5.32 Å². The molecule has 0 heterocycles. The average molecular weight is 394 g/mol. The minimum absolute atomic E-state index is 0.119. The van der Waals surface area contributed by atoms with Gasteiger partial charge in [-0.15, -0.1) is 0 Å². The van der Waals surface area contributed by atoms with E-state index in [2.05, 4.69) is 12.4 Å². The maximum atomic E-state index is 12.0. The van der Waals surface area contributed by atoms with Crippen molar-refractivity contribution in [3.63, 3.8) is 0 Å². The smallest absolute Gasteiger partial charge is 0.332 e. The Kier molecular flexibility index (Phi) is 9.10. The fourth-order valence-corrected chi connectivity index (χ4v) is 6.52. The van der Waals surface area contributed by atoms with E-state index in [9.17, 15) is 4.79 Å². The van der Waals surface area contributed by atoms with E-state index in [0.29, 0.717) is 18.4 Å². The molecule has 3 unspecified atom stereocenters.